The standard InChI is InChI=1S/C13H10N4O/c18-13(17-8-6-15-10-17)11-1-3-12(4-2-11)16-7-5-14-9-16/h1-10H. The summed E-state index contributed by atoms with van der Waals surface area (Å²) >= 11 is 0. The highest BCUT2D eigenvalue weighted by atomic mass is 16.2. The summed E-state index contributed by atoms with van der Waals surface area (Å²) in [6, 6.07) is 7.34. The molecule has 1 aromatic carbocycles. The van der Waals surface area contributed by atoms with Crippen LogP contribution in [0.25, 0.3) is 5.69 Å². The van der Waals surface area contributed by atoms with Crippen molar-refractivity contribution in [1.82, 2.24) is 19.1 Å². The lowest BCUT2D eigenvalue weighted by Crippen LogP contribution is -2.09. The lowest BCUT2D eigenvalue weighted by molar-refractivity contribution is 0.0960. The number of carbonyl (C=O) groups is 1. The third-order valence-corrected chi connectivity index (χ3v) is 2.66. The van der Waals surface area contributed by atoms with Crippen LogP contribution in [0.15, 0.2) is 61.7 Å². The van der Waals surface area contributed by atoms with Crippen LogP contribution in [0.1, 0.15) is 10.4 Å². The maximum atomic E-state index is 12.0. The van der Waals surface area contributed by atoms with E-state index in [0.29, 0.717) is 5.56 Å². The van der Waals surface area contributed by atoms with Gasteiger partial charge in [-0.25, -0.2) is 9.97 Å². The third kappa shape index (κ3) is 1.82. The first-order valence-corrected chi connectivity index (χ1v) is 5.45. The number of hydrogen-bond acceptors (Lipinski definition) is 3. The summed E-state index contributed by atoms with van der Waals surface area (Å²) in [6.45, 7) is 0. The van der Waals surface area contributed by atoms with Crippen molar-refractivity contribution in [2.24, 2.45) is 0 Å². The molecule has 0 spiro atoms. The highest BCUT2D eigenvalue weighted by Crippen LogP contribution is 2.10. The maximum absolute atomic E-state index is 12.0. The van der Waals surface area contributed by atoms with E-state index in [1.54, 1.807) is 37.1 Å². The van der Waals surface area contributed by atoms with Gasteiger partial charge in [0.2, 0.25) is 0 Å². The van der Waals surface area contributed by atoms with E-state index in [-0.39, 0.29) is 5.91 Å². The second-order valence-corrected chi connectivity index (χ2v) is 3.79. The fraction of sp³-hybridized carbons (Fsp3) is 0. The molecule has 3 rings (SSSR count). The molecule has 0 fully saturated rings. The summed E-state index contributed by atoms with van der Waals surface area (Å²) < 4.78 is 3.33. The van der Waals surface area contributed by atoms with Gasteiger partial charge in [0, 0.05) is 36.0 Å². The molecule has 0 N–H and O–H groups in total. The third-order valence-electron chi connectivity index (χ3n) is 2.66. The van der Waals surface area contributed by atoms with E-state index in [4.69, 9.17) is 0 Å². The molecule has 0 aliphatic rings. The van der Waals surface area contributed by atoms with E-state index in [1.165, 1.54) is 10.9 Å². The molecular formula is C13H10N4O. The minimum atomic E-state index is -0.0929. The fourth-order valence-electron chi connectivity index (χ4n) is 1.72. The van der Waals surface area contributed by atoms with Crippen molar-refractivity contribution in [1.29, 1.82) is 0 Å². The molecule has 5 nitrogen and oxygen atoms in total. The number of hydrogen-bond donors (Lipinski definition) is 0. The Kier molecular flexibility index (Phi) is 2.49. The van der Waals surface area contributed by atoms with Crippen molar-refractivity contribution >= 4 is 5.91 Å². The van der Waals surface area contributed by atoms with Crippen LogP contribution < -0.4 is 0 Å². The predicted octanol–water partition coefficient (Wildman–Crippen LogP) is 1.76. The minimum Gasteiger partial charge on any atom is -0.306 e. The summed E-state index contributed by atoms with van der Waals surface area (Å²) in [7, 11) is 0. The molecule has 2 heterocycles. The molecule has 18 heavy (non-hydrogen) atoms. The Hall–Kier alpha value is -2.69. The molecule has 0 saturated heterocycles. The normalized spacial score (nSPS) is 10.4. The first-order valence-electron chi connectivity index (χ1n) is 5.45. The molecule has 0 atom stereocenters. The largest absolute Gasteiger partial charge is 0.306 e. The zero-order chi connectivity index (χ0) is 12.4. The Morgan fingerprint density at radius 2 is 1.67 bits per heavy atom. The second-order valence-electron chi connectivity index (χ2n) is 3.79. The first-order chi connectivity index (χ1) is 8.84. The summed E-state index contributed by atoms with van der Waals surface area (Å²) in [5, 5.41) is 0. The van der Waals surface area contributed by atoms with Crippen LogP contribution in [0, 0.1) is 0 Å². The van der Waals surface area contributed by atoms with E-state index in [0.717, 1.165) is 5.69 Å². The van der Waals surface area contributed by atoms with Crippen LogP contribution in [-0.4, -0.2) is 25.0 Å². The van der Waals surface area contributed by atoms with Gasteiger partial charge < -0.3 is 4.57 Å². The van der Waals surface area contributed by atoms with Crippen molar-refractivity contribution in [3.05, 3.63) is 67.3 Å². The molecule has 0 unspecified atom stereocenters. The number of rotatable bonds is 2. The number of aromatic nitrogens is 4. The van der Waals surface area contributed by atoms with E-state index in [9.17, 15) is 4.79 Å². The number of carbonyl (C=O) groups excluding carboxylic acids is 1. The van der Waals surface area contributed by atoms with E-state index >= 15 is 0 Å². The fourth-order valence-corrected chi connectivity index (χ4v) is 1.72. The van der Waals surface area contributed by atoms with Crippen molar-refractivity contribution in [3.63, 3.8) is 0 Å². The highest BCUT2D eigenvalue weighted by molar-refractivity contribution is 5.95. The summed E-state index contributed by atoms with van der Waals surface area (Å²) in [4.78, 5) is 19.8. The molecule has 2 aromatic heterocycles. The van der Waals surface area contributed by atoms with Gasteiger partial charge in [-0.1, -0.05) is 0 Å². The molecule has 0 saturated carbocycles. The van der Waals surface area contributed by atoms with Crippen molar-refractivity contribution < 1.29 is 4.79 Å². The summed E-state index contributed by atoms with van der Waals surface area (Å²) in [5.74, 6) is -0.0929. The van der Waals surface area contributed by atoms with Gasteiger partial charge in [-0.05, 0) is 24.3 Å². The van der Waals surface area contributed by atoms with E-state index in [1.807, 2.05) is 22.9 Å². The zero-order valence-corrected chi connectivity index (χ0v) is 9.47. The molecule has 88 valence electrons. The molecule has 0 aliphatic heterocycles. The topological polar surface area (TPSA) is 52.7 Å². The smallest absolute Gasteiger partial charge is 0.263 e. The van der Waals surface area contributed by atoms with Gasteiger partial charge in [0.15, 0.2) is 0 Å². The van der Waals surface area contributed by atoms with Gasteiger partial charge in [-0.15, -0.1) is 0 Å². The van der Waals surface area contributed by atoms with Gasteiger partial charge in [0.1, 0.15) is 6.33 Å². The Morgan fingerprint density at radius 3 is 2.28 bits per heavy atom. The Labute approximate surface area is 103 Å². The van der Waals surface area contributed by atoms with Crippen LogP contribution in [-0.2, 0) is 0 Å². The molecule has 0 aliphatic carbocycles. The Bertz CT molecular complexity index is 639. The lowest BCUT2D eigenvalue weighted by Gasteiger charge is -2.04. The summed E-state index contributed by atoms with van der Waals surface area (Å²) in [5.41, 5.74) is 1.59. The minimum absolute atomic E-state index is 0.0929. The van der Waals surface area contributed by atoms with Gasteiger partial charge in [0.05, 0.1) is 6.33 Å². The van der Waals surface area contributed by atoms with Crippen LogP contribution in [0.2, 0.25) is 0 Å². The number of nitrogens with zero attached hydrogens (tertiary/aromatic N) is 4. The molecule has 5 heteroatoms. The molecular weight excluding hydrogens is 228 g/mol. The average molecular weight is 238 g/mol. The average Bonchev–Trinajstić information content (AvgIpc) is 3.11. The van der Waals surface area contributed by atoms with Crippen molar-refractivity contribution in [3.8, 4) is 5.69 Å². The monoisotopic (exact) mass is 238 g/mol. The van der Waals surface area contributed by atoms with E-state index < -0.39 is 0 Å². The van der Waals surface area contributed by atoms with E-state index in [2.05, 4.69) is 9.97 Å². The predicted molar refractivity (Wildman–Crippen MR) is 65.5 cm³/mol. The quantitative estimate of drug-likeness (QED) is 0.683. The molecule has 0 bridgehead atoms. The highest BCUT2D eigenvalue weighted by Gasteiger charge is 2.07. The maximum Gasteiger partial charge on any atom is 0.263 e. The number of benzene rings is 1. The van der Waals surface area contributed by atoms with Crippen molar-refractivity contribution in [2.75, 3.05) is 0 Å². The van der Waals surface area contributed by atoms with Gasteiger partial charge in [0.25, 0.3) is 5.91 Å². The second kappa shape index (κ2) is 4.29. The van der Waals surface area contributed by atoms with Gasteiger partial charge in [-0.3, -0.25) is 9.36 Å². The van der Waals surface area contributed by atoms with Crippen LogP contribution in [0.5, 0.6) is 0 Å². The lowest BCUT2D eigenvalue weighted by atomic mass is 10.2. The SMILES string of the molecule is O=C(c1ccc(-n2ccnc2)cc1)n1ccnc1. The molecule has 0 amide bonds. The van der Waals surface area contributed by atoms with Crippen LogP contribution in [0.4, 0.5) is 0 Å². The molecule has 0 radical (unpaired) electrons. The van der Waals surface area contributed by atoms with Gasteiger partial charge in [-0.2, -0.15) is 0 Å². The zero-order valence-electron chi connectivity index (χ0n) is 9.47. The van der Waals surface area contributed by atoms with Gasteiger partial charge >= 0.3 is 0 Å². The van der Waals surface area contributed by atoms with Crippen molar-refractivity contribution in [2.45, 2.75) is 0 Å². The Balaban J connectivity index is 1.90. The Morgan fingerprint density at radius 1 is 0.944 bits per heavy atom. The number of imidazole rings is 2. The van der Waals surface area contributed by atoms with Crippen LogP contribution >= 0.6 is 0 Å². The first kappa shape index (κ1) is 10.5. The summed E-state index contributed by atoms with van der Waals surface area (Å²) in [6.07, 6.45) is 9.99. The van der Waals surface area contributed by atoms with Crippen LogP contribution in [0.3, 0.4) is 0 Å². The molecule has 3 aromatic rings.